The van der Waals surface area contributed by atoms with E-state index in [9.17, 15) is 8.42 Å². The van der Waals surface area contributed by atoms with Crippen LogP contribution in [0.5, 0.6) is 0 Å². The summed E-state index contributed by atoms with van der Waals surface area (Å²) in [7, 11) is -3.35. The second kappa shape index (κ2) is 5.43. The van der Waals surface area contributed by atoms with Crippen LogP contribution in [-0.2, 0) is 10.0 Å². The first kappa shape index (κ1) is 12.9. The van der Waals surface area contributed by atoms with E-state index in [1.807, 2.05) is 0 Å². The largest absolute Gasteiger partial charge is 0.317 e. The SMILES string of the molecule is Cc1ncc(S(=O)(=O)NCC2CCNCC2)s1. The summed E-state index contributed by atoms with van der Waals surface area (Å²) in [6.07, 6.45) is 3.49. The van der Waals surface area contributed by atoms with Crippen molar-refractivity contribution in [1.29, 1.82) is 0 Å². The van der Waals surface area contributed by atoms with Crippen molar-refractivity contribution < 1.29 is 8.42 Å². The van der Waals surface area contributed by atoms with Crippen LogP contribution in [0.4, 0.5) is 0 Å². The van der Waals surface area contributed by atoms with Gasteiger partial charge in [-0.05, 0) is 38.8 Å². The van der Waals surface area contributed by atoms with Crippen molar-refractivity contribution in [1.82, 2.24) is 15.0 Å². The van der Waals surface area contributed by atoms with E-state index in [1.54, 1.807) is 6.92 Å². The molecule has 0 aliphatic carbocycles. The van der Waals surface area contributed by atoms with E-state index in [2.05, 4.69) is 15.0 Å². The van der Waals surface area contributed by atoms with Crippen molar-refractivity contribution in [2.75, 3.05) is 19.6 Å². The number of aryl methyl sites for hydroxylation is 1. The van der Waals surface area contributed by atoms with Gasteiger partial charge in [0.1, 0.15) is 0 Å². The van der Waals surface area contributed by atoms with Gasteiger partial charge in [0.15, 0.2) is 4.21 Å². The van der Waals surface area contributed by atoms with Crippen molar-refractivity contribution >= 4 is 21.4 Å². The van der Waals surface area contributed by atoms with Gasteiger partial charge in [-0.15, -0.1) is 11.3 Å². The van der Waals surface area contributed by atoms with E-state index in [1.165, 1.54) is 17.5 Å². The number of hydrogen-bond acceptors (Lipinski definition) is 5. The summed E-state index contributed by atoms with van der Waals surface area (Å²) in [4.78, 5) is 3.97. The molecule has 0 amide bonds. The summed E-state index contributed by atoms with van der Waals surface area (Å²) in [6.45, 7) is 4.29. The van der Waals surface area contributed by atoms with Crippen molar-refractivity contribution in [3.05, 3.63) is 11.2 Å². The average molecular weight is 275 g/mol. The van der Waals surface area contributed by atoms with Crippen LogP contribution in [0.25, 0.3) is 0 Å². The molecule has 1 saturated heterocycles. The van der Waals surface area contributed by atoms with Crippen LogP contribution in [0, 0.1) is 12.8 Å². The third-order valence-electron chi connectivity index (χ3n) is 2.89. The van der Waals surface area contributed by atoms with Crippen LogP contribution in [0.2, 0.25) is 0 Å². The Bertz CT molecular complexity index is 464. The van der Waals surface area contributed by atoms with Crippen molar-refractivity contribution in [2.24, 2.45) is 5.92 Å². The van der Waals surface area contributed by atoms with Gasteiger partial charge in [-0.1, -0.05) is 0 Å². The highest BCUT2D eigenvalue weighted by Gasteiger charge is 2.20. The first-order valence-electron chi connectivity index (χ1n) is 5.71. The summed E-state index contributed by atoms with van der Waals surface area (Å²) >= 11 is 1.21. The lowest BCUT2D eigenvalue weighted by molar-refractivity contribution is 0.372. The Hall–Kier alpha value is -0.500. The molecule has 0 atom stereocenters. The number of piperidine rings is 1. The fourth-order valence-corrected chi connectivity index (χ4v) is 4.12. The lowest BCUT2D eigenvalue weighted by atomic mass is 9.99. The highest BCUT2D eigenvalue weighted by Crippen LogP contribution is 2.18. The molecule has 2 N–H and O–H groups in total. The maximum atomic E-state index is 11.9. The quantitative estimate of drug-likeness (QED) is 0.850. The molecule has 1 aromatic rings. The lowest BCUT2D eigenvalue weighted by Crippen LogP contribution is -2.35. The molecule has 0 spiro atoms. The van der Waals surface area contributed by atoms with E-state index >= 15 is 0 Å². The third kappa shape index (κ3) is 3.48. The number of nitrogens with one attached hydrogen (secondary N) is 2. The van der Waals surface area contributed by atoms with Gasteiger partial charge in [-0.2, -0.15) is 0 Å². The summed E-state index contributed by atoms with van der Waals surface area (Å²) in [5.41, 5.74) is 0. The Balaban J connectivity index is 1.93. The van der Waals surface area contributed by atoms with Crippen LogP contribution >= 0.6 is 11.3 Å². The standard InChI is InChI=1S/C10H17N3O2S2/c1-8-12-7-10(16-8)17(14,15)13-6-9-2-4-11-5-3-9/h7,9,11,13H,2-6H2,1H3. The van der Waals surface area contributed by atoms with Crippen LogP contribution in [0.1, 0.15) is 17.8 Å². The van der Waals surface area contributed by atoms with Gasteiger partial charge in [0.2, 0.25) is 0 Å². The van der Waals surface area contributed by atoms with E-state index in [-0.39, 0.29) is 0 Å². The number of aromatic nitrogens is 1. The Morgan fingerprint density at radius 3 is 2.82 bits per heavy atom. The maximum absolute atomic E-state index is 11.9. The molecule has 0 saturated carbocycles. The van der Waals surface area contributed by atoms with Gasteiger partial charge < -0.3 is 5.32 Å². The van der Waals surface area contributed by atoms with Crippen molar-refractivity contribution in [3.8, 4) is 0 Å². The first-order chi connectivity index (χ1) is 8.08. The van der Waals surface area contributed by atoms with Gasteiger partial charge in [-0.3, -0.25) is 0 Å². The molecule has 17 heavy (non-hydrogen) atoms. The average Bonchev–Trinajstić information content (AvgIpc) is 2.76. The van der Waals surface area contributed by atoms with Gasteiger partial charge in [0.05, 0.1) is 11.2 Å². The number of hydrogen-bond donors (Lipinski definition) is 2. The van der Waals surface area contributed by atoms with E-state index < -0.39 is 10.0 Å². The zero-order valence-electron chi connectivity index (χ0n) is 9.77. The molecule has 96 valence electrons. The molecule has 2 rings (SSSR count). The molecule has 5 nitrogen and oxygen atoms in total. The molecular weight excluding hydrogens is 258 g/mol. The monoisotopic (exact) mass is 275 g/mol. The normalized spacial score (nSPS) is 18.4. The highest BCUT2D eigenvalue weighted by atomic mass is 32.2. The predicted octanol–water partition coefficient (Wildman–Crippen LogP) is 0.729. The maximum Gasteiger partial charge on any atom is 0.251 e. The van der Waals surface area contributed by atoms with Crippen LogP contribution < -0.4 is 10.0 Å². The molecule has 2 heterocycles. The van der Waals surface area contributed by atoms with Crippen LogP contribution in [0.15, 0.2) is 10.4 Å². The zero-order valence-corrected chi connectivity index (χ0v) is 11.4. The minimum absolute atomic E-state index is 0.309. The molecule has 0 bridgehead atoms. The minimum atomic E-state index is -3.35. The van der Waals surface area contributed by atoms with Gasteiger partial charge in [0.25, 0.3) is 10.0 Å². The summed E-state index contributed by atoms with van der Waals surface area (Å²) in [5.74, 6) is 0.444. The molecular formula is C10H17N3O2S2. The first-order valence-corrected chi connectivity index (χ1v) is 8.01. The third-order valence-corrected chi connectivity index (χ3v) is 5.68. The number of nitrogens with zero attached hydrogens (tertiary/aromatic N) is 1. The topological polar surface area (TPSA) is 71.1 Å². The van der Waals surface area contributed by atoms with Gasteiger partial charge in [0, 0.05) is 6.54 Å². The van der Waals surface area contributed by atoms with Gasteiger partial charge >= 0.3 is 0 Å². The Morgan fingerprint density at radius 2 is 2.24 bits per heavy atom. The van der Waals surface area contributed by atoms with Crippen LogP contribution in [-0.4, -0.2) is 33.0 Å². The molecule has 0 aromatic carbocycles. The van der Waals surface area contributed by atoms with E-state index in [0.717, 1.165) is 30.9 Å². The molecule has 0 unspecified atom stereocenters. The Labute approximate surface area is 106 Å². The molecule has 1 aromatic heterocycles. The van der Waals surface area contributed by atoms with Crippen molar-refractivity contribution in [2.45, 2.75) is 24.0 Å². The smallest absolute Gasteiger partial charge is 0.251 e. The zero-order chi connectivity index (χ0) is 12.3. The van der Waals surface area contributed by atoms with Crippen molar-refractivity contribution in [3.63, 3.8) is 0 Å². The van der Waals surface area contributed by atoms with Crippen LogP contribution in [0.3, 0.4) is 0 Å². The minimum Gasteiger partial charge on any atom is -0.317 e. The summed E-state index contributed by atoms with van der Waals surface area (Å²) in [6, 6.07) is 0. The number of thiazole rings is 1. The van der Waals surface area contributed by atoms with Gasteiger partial charge in [-0.25, -0.2) is 18.1 Å². The fraction of sp³-hybridized carbons (Fsp3) is 0.700. The predicted molar refractivity (Wildman–Crippen MR) is 67.6 cm³/mol. The van der Waals surface area contributed by atoms with E-state index in [0.29, 0.717) is 16.7 Å². The number of sulfonamides is 1. The molecule has 1 aliphatic rings. The highest BCUT2D eigenvalue weighted by molar-refractivity contribution is 7.91. The molecule has 1 fully saturated rings. The molecule has 0 radical (unpaired) electrons. The second-order valence-electron chi connectivity index (χ2n) is 4.24. The summed E-state index contributed by atoms with van der Waals surface area (Å²) < 4.78 is 26.8. The lowest BCUT2D eigenvalue weighted by Gasteiger charge is -2.22. The number of rotatable bonds is 4. The second-order valence-corrected chi connectivity index (χ2v) is 7.47. The molecule has 7 heteroatoms. The van der Waals surface area contributed by atoms with E-state index in [4.69, 9.17) is 0 Å². The molecule has 1 aliphatic heterocycles. The summed E-state index contributed by atoms with van der Waals surface area (Å²) in [5, 5.41) is 4.03. The Kier molecular flexibility index (Phi) is 4.13. The fourth-order valence-electron chi connectivity index (χ4n) is 1.85. The Morgan fingerprint density at radius 1 is 1.53 bits per heavy atom.